The van der Waals surface area contributed by atoms with Gasteiger partial charge in [0.1, 0.15) is 0 Å². The van der Waals surface area contributed by atoms with Crippen molar-refractivity contribution in [1.82, 2.24) is 9.88 Å². The molecule has 0 radical (unpaired) electrons. The number of hydrogen-bond donors (Lipinski definition) is 2. The van der Waals surface area contributed by atoms with Gasteiger partial charge in [-0.05, 0) is 25.1 Å². The van der Waals surface area contributed by atoms with Gasteiger partial charge in [0, 0.05) is 47.4 Å². The molecule has 0 aliphatic carbocycles. The van der Waals surface area contributed by atoms with Crippen molar-refractivity contribution in [1.29, 1.82) is 0 Å². The van der Waals surface area contributed by atoms with Crippen LogP contribution in [0.2, 0.25) is 0 Å². The van der Waals surface area contributed by atoms with Crippen LogP contribution in [-0.2, 0) is 17.8 Å². The second-order valence-electron chi connectivity index (χ2n) is 8.34. The average Bonchev–Trinajstić information content (AvgIpc) is 3.17. The van der Waals surface area contributed by atoms with Crippen LogP contribution in [0.4, 0.5) is 5.69 Å². The molecule has 0 saturated carbocycles. The minimum atomic E-state index is 0.0136. The van der Waals surface area contributed by atoms with E-state index in [4.69, 9.17) is 0 Å². The van der Waals surface area contributed by atoms with E-state index in [0.717, 1.165) is 45.7 Å². The smallest absolute Gasteiger partial charge is 0.280 e. The molecule has 2 aromatic carbocycles. The van der Waals surface area contributed by atoms with E-state index < -0.39 is 0 Å². The number of nitrogens with zero attached hydrogens (tertiary/aromatic N) is 2. The standard InChI is InChI=1S/C24H28N4O/c1-18(26-13-15-27(16-14-26)19-7-3-2-4-8-19)24(29)28-12-11-23-21(17-28)20-9-5-6-10-22(20)25-23/h2-10,18,25H,11-17H2,1H3/p+1/t18-/m1/s1. The number of anilines is 1. The first-order valence-electron chi connectivity index (χ1n) is 10.7. The fourth-order valence-corrected chi connectivity index (χ4v) is 4.93. The van der Waals surface area contributed by atoms with Crippen molar-refractivity contribution in [2.75, 3.05) is 37.6 Å². The van der Waals surface area contributed by atoms with Crippen LogP contribution in [0, 0.1) is 0 Å². The van der Waals surface area contributed by atoms with E-state index >= 15 is 0 Å². The number of hydrogen-bond acceptors (Lipinski definition) is 2. The Morgan fingerprint density at radius 2 is 1.72 bits per heavy atom. The lowest BCUT2D eigenvalue weighted by Gasteiger charge is -2.38. The molecule has 29 heavy (non-hydrogen) atoms. The maximum atomic E-state index is 13.3. The maximum absolute atomic E-state index is 13.3. The van der Waals surface area contributed by atoms with Gasteiger partial charge in [-0.15, -0.1) is 0 Å². The fourth-order valence-electron chi connectivity index (χ4n) is 4.93. The highest BCUT2D eigenvalue weighted by Crippen LogP contribution is 2.27. The van der Waals surface area contributed by atoms with Crippen molar-refractivity contribution in [3.05, 3.63) is 65.9 Å². The van der Waals surface area contributed by atoms with Crippen LogP contribution in [0.15, 0.2) is 54.6 Å². The van der Waals surface area contributed by atoms with Crippen LogP contribution in [0.5, 0.6) is 0 Å². The molecule has 3 aromatic rings. The number of carbonyl (C=O) groups is 1. The van der Waals surface area contributed by atoms with Gasteiger partial charge in [-0.3, -0.25) is 4.79 Å². The molecule has 5 heteroatoms. The van der Waals surface area contributed by atoms with E-state index in [1.54, 1.807) is 0 Å². The Hall–Kier alpha value is -2.79. The van der Waals surface area contributed by atoms with Gasteiger partial charge in [0.2, 0.25) is 0 Å². The van der Waals surface area contributed by atoms with Crippen molar-refractivity contribution in [2.45, 2.75) is 25.9 Å². The minimum Gasteiger partial charge on any atom is -0.360 e. The van der Waals surface area contributed by atoms with E-state index in [9.17, 15) is 4.79 Å². The summed E-state index contributed by atoms with van der Waals surface area (Å²) in [6, 6.07) is 19.0. The van der Waals surface area contributed by atoms with Gasteiger partial charge in [0.05, 0.1) is 26.2 Å². The summed E-state index contributed by atoms with van der Waals surface area (Å²) in [5, 5.41) is 1.26. The molecule has 1 atom stereocenters. The third-order valence-electron chi connectivity index (χ3n) is 6.70. The summed E-state index contributed by atoms with van der Waals surface area (Å²) in [5.41, 5.74) is 5.07. The first-order valence-corrected chi connectivity index (χ1v) is 10.7. The fraction of sp³-hybridized carbons (Fsp3) is 0.375. The van der Waals surface area contributed by atoms with Gasteiger partial charge < -0.3 is 19.7 Å². The lowest BCUT2D eigenvalue weighted by molar-refractivity contribution is -0.915. The van der Waals surface area contributed by atoms with Crippen LogP contribution < -0.4 is 9.80 Å². The Morgan fingerprint density at radius 1 is 1.00 bits per heavy atom. The summed E-state index contributed by atoms with van der Waals surface area (Å²) in [7, 11) is 0. The van der Waals surface area contributed by atoms with Gasteiger partial charge in [-0.1, -0.05) is 36.4 Å². The molecule has 1 amide bonds. The summed E-state index contributed by atoms with van der Waals surface area (Å²) >= 11 is 0. The molecule has 150 valence electrons. The SMILES string of the molecule is C[C@H](C(=O)N1CCc2[nH]c3ccccc3c2C1)[NH+]1CCN(c2ccccc2)CC1. The number of H-pyrrole nitrogens is 1. The zero-order valence-corrected chi connectivity index (χ0v) is 17.0. The molecule has 1 aromatic heterocycles. The topological polar surface area (TPSA) is 43.8 Å². The largest absolute Gasteiger partial charge is 0.360 e. The number of rotatable bonds is 3. The van der Waals surface area contributed by atoms with E-state index in [2.05, 4.69) is 76.3 Å². The third kappa shape index (κ3) is 3.40. The second kappa shape index (κ2) is 7.56. The van der Waals surface area contributed by atoms with Crippen LogP contribution in [0.3, 0.4) is 0 Å². The number of fused-ring (bicyclic) bond motifs is 3. The normalized spacial score (nSPS) is 18.7. The molecule has 5 nitrogen and oxygen atoms in total. The zero-order chi connectivity index (χ0) is 19.8. The maximum Gasteiger partial charge on any atom is 0.280 e. The molecule has 2 N–H and O–H groups in total. The molecule has 0 unspecified atom stereocenters. The van der Waals surface area contributed by atoms with E-state index in [1.807, 2.05) is 0 Å². The number of para-hydroxylation sites is 2. The average molecular weight is 390 g/mol. The highest BCUT2D eigenvalue weighted by atomic mass is 16.2. The summed E-state index contributed by atoms with van der Waals surface area (Å²) in [6.07, 6.45) is 0.916. The number of piperazine rings is 1. The third-order valence-corrected chi connectivity index (χ3v) is 6.70. The summed E-state index contributed by atoms with van der Waals surface area (Å²) in [6.45, 7) is 7.67. The first-order chi connectivity index (χ1) is 14.2. The Kier molecular flexibility index (Phi) is 4.76. The second-order valence-corrected chi connectivity index (χ2v) is 8.34. The quantitative estimate of drug-likeness (QED) is 0.718. The van der Waals surface area contributed by atoms with Crippen molar-refractivity contribution >= 4 is 22.5 Å². The Balaban J connectivity index is 1.24. The van der Waals surface area contributed by atoms with Crippen molar-refractivity contribution < 1.29 is 9.69 Å². The molecule has 0 bridgehead atoms. The molecule has 1 fully saturated rings. The van der Waals surface area contributed by atoms with E-state index in [1.165, 1.54) is 32.7 Å². The van der Waals surface area contributed by atoms with Crippen molar-refractivity contribution in [2.24, 2.45) is 0 Å². The number of benzene rings is 2. The summed E-state index contributed by atoms with van der Waals surface area (Å²) < 4.78 is 0. The van der Waals surface area contributed by atoms with Crippen LogP contribution in [0.25, 0.3) is 10.9 Å². The molecular weight excluding hydrogens is 360 g/mol. The molecule has 1 saturated heterocycles. The molecule has 0 spiro atoms. The van der Waals surface area contributed by atoms with E-state index in [0.29, 0.717) is 5.91 Å². The summed E-state index contributed by atoms with van der Waals surface area (Å²) in [5.74, 6) is 0.295. The van der Waals surface area contributed by atoms with Crippen LogP contribution in [-0.4, -0.2) is 54.6 Å². The highest BCUT2D eigenvalue weighted by molar-refractivity contribution is 5.86. The lowest BCUT2D eigenvalue weighted by Crippen LogP contribution is -3.19. The molecule has 3 heterocycles. The number of nitrogens with one attached hydrogen (secondary N) is 2. The van der Waals surface area contributed by atoms with Crippen LogP contribution >= 0.6 is 0 Å². The molecule has 2 aliphatic heterocycles. The Bertz CT molecular complexity index is 1000. The minimum absolute atomic E-state index is 0.0136. The van der Waals surface area contributed by atoms with Gasteiger partial charge in [0.25, 0.3) is 5.91 Å². The first kappa shape index (κ1) is 18.3. The number of aromatic nitrogens is 1. The number of carbonyl (C=O) groups excluding carboxylic acids is 1. The number of aromatic amines is 1. The van der Waals surface area contributed by atoms with E-state index in [-0.39, 0.29) is 6.04 Å². The molecule has 5 rings (SSSR count). The predicted molar refractivity (Wildman–Crippen MR) is 116 cm³/mol. The monoisotopic (exact) mass is 389 g/mol. The lowest BCUT2D eigenvalue weighted by atomic mass is 10.0. The number of quaternary nitrogens is 1. The van der Waals surface area contributed by atoms with Gasteiger partial charge in [0.15, 0.2) is 6.04 Å². The Morgan fingerprint density at radius 3 is 2.52 bits per heavy atom. The number of amides is 1. The highest BCUT2D eigenvalue weighted by Gasteiger charge is 2.34. The van der Waals surface area contributed by atoms with Crippen molar-refractivity contribution in [3.63, 3.8) is 0 Å². The van der Waals surface area contributed by atoms with Crippen molar-refractivity contribution in [3.8, 4) is 0 Å². The van der Waals surface area contributed by atoms with Gasteiger partial charge in [-0.2, -0.15) is 0 Å². The zero-order valence-electron chi connectivity index (χ0n) is 17.0. The molecular formula is C24H29N4O+. The predicted octanol–water partition coefficient (Wildman–Crippen LogP) is 1.85. The van der Waals surface area contributed by atoms with Gasteiger partial charge >= 0.3 is 0 Å². The van der Waals surface area contributed by atoms with Gasteiger partial charge in [-0.25, -0.2) is 0 Å². The van der Waals surface area contributed by atoms with Crippen LogP contribution in [0.1, 0.15) is 18.2 Å². The summed E-state index contributed by atoms with van der Waals surface area (Å²) in [4.78, 5) is 22.8. The molecule has 2 aliphatic rings. The Labute approximate surface area is 171 Å².